The molecular formula is C15H16N2O3. The highest BCUT2D eigenvalue weighted by molar-refractivity contribution is 5.92. The molecule has 0 saturated heterocycles. The molecule has 0 heterocycles. The number of carbonyl (C=O) groups is 1. The van der Waals surface area contributed by atoms with Crippen molar-refractivity contribution in [1.82, 2.24) is 0 Å². The topological polar surface area (TPSA) is 73.6 Å². The molecule has 0 aliphatic rings. The molecule has 0 aliphatic heterocycles. The normalized spacial score (nSPS) is 9.85. The predicted molar refractivity (Wildman–Crippen MR) is 78.0 cm³/mol. The van der Waals surface area contributed by atoms with Gasteiger partial charge in [-0.1, -0.05) is 18.2 Å². The van der Waals surface area contributed by atoms with Gasteiger partial charge in [-0.25, -0.2) is 0 Å². The third kappa shape index (κ3) is 3.65. The average Bonchev–Trinajstić information content (AvgIpc) is 2.45. The number of amides is 1. The van der Waals surface area contributed by atoms with Crippen molar-refractivity contribution in [3.05, 3.63) is 48.5 Å². The van der Waals surface area contributed by atoms with Crippen LogP contribution in [0.5, 0.6) is 11.5 Å². The number of nitrogens with two attached hydrogens (primary N) is 1. The van der Waals surface area contributed by atoms with Crippen LogP contribution >= 0.6 is 0 Å². The Balaban J connectivity index is 1.92. The summed E-state index contributed by atoms with van der Waals surface area (Å²) in [5.74, 6) is 0.850. The highest BCUT2D eigenvalue weighted by Crippen LogP contribution is 2.25. The van der Waals surface area contributed by atoms with Crippen molar-refractivity contribution in [2.75, 3.05) is 24.8 Å². The Hall–Kier alpha value is -2.69. The number of carbonyl (C=O) groups excluding carboxylic acids is 1. The fourth-order valence-electron chi connectivity index (χ4n) is 1.69. The monoisotopic (exact) mass is 272 g/mol. The number of hydrogen-bond acceptors (Lipinski definition) is 4. The van der Waals surface area contributed by atoms with E-state index in [4.69, 9.17) is 15.2 Å². The smallest absolute Gasteiger partial charge is 0.262 e. The number of ether oxygens (including phenoxy) is 2. The van der Waals surface area contributed by atoms with Gasteiger partial charge in [0.1, 0.15) is 0 Å². The lowest BCUT2D eigenvalue weighted by Gasteiger charge is -2.10. The Morgan fingerprint density at radius 2 is 1.90 bits per heavy atom. The molecule has 5 heteroatoms. The molecule has 20 heavy (non-hydrogen) atoms. The molecule has 0 fully saturated rings. The number of hydrogen-bond donors (Lipinski definition) is 2. The number of rotatable bonds is 5. The van der Waals surface area contributed by atoms with Crippen LogP contribution in [0.15, 0.2) is 48.5 Å². The van der Waals surface area contributed by atoms with Crippen LogP contribution in [-0.2, 0) is 4.79 Å². The highest BCUT2D eigenvalue weighted by Gasteiger charge is 2.07. The molecular weight excluding hydrogens is 256 g/mol. The van der Waals surface area contributed by atoms with Crippen molar-refractivity contribution in [2.24, 2.45) is 0 Å². The summed E-state index contributed by atoms with van der Waals surface area (Å²) >= 11 is 0. The number of nitrogen functional groups attached to an aromatic ring is 1. The summed E-state index contributed by atoms with van der Waals surface area (Å²) in [6.07, 6.45) is 0. The quantitative estimate of drug-likeness (QED) is 0.819. The van der Waals surface area contributed by atoms with Crippen molar-refractivity contribution in [3.63, 3.8) is 0 Å². The Morgan fingerprint density at radius 3 is 2.60 bits per heavy atom. The average molecular weight is 272 g/mol. The zero-order valence-electron chi connectivity index (χ0n) is 11.1. The van der Waals surface area contributed by atoms with Gasteiger partial charge in [0.05, 0.1) is 7.11 Å². The first-order valence-corrected chi connectivity index (χ1v) is 6.10. The Labute approximate surface area is 117 Å². The van der Waals surface area contributed by atoms with Crippen LogP contribution in [0.4, 0.5) is 11.4 Å². The largest absolute Gasteiger partial charge is 0.493 e. The molecule has 0 spiro atoms. The van der Waals surface area contributed by atoms with E-state index in [1.54, 1.807) is 43.5 Å². The van der Waals surface area contributed by atoms with Gasteiger partial charge in [0.15, 0.2) is 18.1 Å². The number of para-hydroxylation sites is 2. The van der Waals surface area contributed by atoms with Crippen LogP contribution in [0, 0.1) is 0 Å². The lowest BCUT2D eigenvalue weighted by atomic mass is 10.3. The van der Waals surface area contributed by atoms with E-state index in [0.717, 1.165) is 0 Å². The molecule has 0 aromatic heterocycles. The van der Waals surface area contributed by atoms with Crippen molar-refractivity contribution >= 4 is 17.3 Å². The molecule has 3 N–H and O–H groups in total. The minimum absolute atomic E-state index is 0.102. The minimum atomic E-state index is -0.262. The predicted octanol–water partition coefficient (Wildman–Crippen LogP) is 2.29. The van der Waals surface area contributed by atoms with Gasteiger partial charge in [0.25, 0.3) is 5.91 Å². The van der Waals surface area contributed by atoms with Gasteiger partial charge < -0.3 is 20.5 Å². The maximum absolute atomic E-state index is 11.8. The zero-order valence-corrected chi connectivity index (χ0v) is 11.1. The molecule has 0 radical (unpaired) electrons. The van der Waals surface area contributed by atoms with Crippen molar-refractivity contribution in [3.8, 4) is 11.5 Å². The molecule has 1 amide bonds. The van der Waals surface area contributed by atoms with E-state index in [1.807, 2.05) is 12.1 Å². The van der Waals surface area contributed by atoms with Gasteiger partial charge in [-0.3, -0.25) is 4.79 Å². The minimum Gasteiger partial charge on any atom is -0.493 e. The van der Waals surface area contributed by atoms with E-state index in [2.05, 4.69) is 5.32 Å². The van der Waals surface area contributed by atoms with Crippen LogP contribution in [0.3, 0.4) is 0 Å². The fraction of sp³-hybridized carbons (Fsp3) is 0.133. The molecule has 2 rings (SSSR count). The second-order valence-electron chi connectivity index (χ2n) is 4.11. The molecule has 0 atom stereocenters. The van der Waals surface area contributed by atoms with E-state index >= 15 is 0 Å². The number of benzene rings is 2. The first-order chi connectivity index (χ1) is 9.69. The van der Waals surface area contributed by atoms with Gasteiger partial charge in [0.2, 0.25) is 0 Å². The van der Waals surface area contributed by atoms with Crippen LogP contribution in [-0.4, -0.2) is 19.6 Å². The summed E-state index contributed by atoms with van der Waals surface area (Å²) in [6, 6.07) is 14.1. The van der Waals surface area contributed by atoms with Gasteiger partial charge in [-0.2, -0.15) is 0 Å². The number of anilines is 2. The second-order valence-corrected chi connectivity index (χ2v) is 4.11. The summed E-state index contributed by atoms with van der Waals surface area (Å²) in [7, 11) is 1.55. The fourth-order valence-corrected chi connectivity index (χ4v) is 1.69. The van der Waals surface area contributed by atoms with Gasteiger partial charge in [-0.05, 0) is 30.3 Å². The second kappa shape index (κ2) is 6.47. The van der Waals surface area contributed by atoms with E-state index in [1.165, 1.54) is 0 Å². The summed E-state index contributed by atoms with van der Waals surface area (Å²) in [5.41, 5.74) is 6.87. The standard InChI is InChI=1S/C15H16N2O3/c1-19-13-7-2-3-8-14(13)20-10-15(18)17-12-6-4-5-11(16)9-12/h2-9H,10,16H2,1H3,(H,17,18). The van der Waals surface area contributed by atoms with Crippen LogP contribution in [0.25, 0.3) is 0 Å². The number of nitrogens with one attached hydrogen (secondary N) is 1. The lowest BCUT2D eigenvalue weighted by Crippen LogP contribution is -2.20. The van der Waals surface area contributed by atoms with Crippen molar-refractivity contribution in [2.45, 2.75) is 0 Å². The maximum atomic E-state index is 11.8. The van der Waals surface area contributed by atoms with Crippen LogP contribution < -0.4 is 20.5 Å². The molecule has 104 valence electrons. The van der Waals surface area contributed by atoms with Gasteiger partial charge >= 0.3 is 0 Å². The van der Waals surface area contributed by atoms with E-state index in [9.17, 15) is 4.79 Å². The molecule has 2 aromatic carbocycles. The van der Waals surface area contributed by atoms with Crippen molar-refractivity contribution in [1.29, 1.82) is 0 Å². The highest BCUT2D eigenvalue weighted by atomic mass is 16.5. The first-order valence-electron chi connectivity index (χ1n) is 6.10. The Kier molecular flexibility index (Phi) is 4.44. The lowest BCUT2D eigenvalue weighted by molar-refractivity contribution is -0.118. The summed E-state index contributed by atoms with van der Waals surface area (Å²) in [4.78, 5) is 11.8. The third-order valence-electron chi connectivity index (χ3n) is 2.60. The molecule has 0 bridgehead atoms. The van der Waals surface area contributed by atoms with Crippen LogP contribution in [0.2, 0.25) is 0 Å². The summed E-state index contributed by atoms with van der Waals surface area (Å²) in [5, 5.41) is 2.71. The summed E-state index contributed by atoms with van der Waals surface area (Å²) < 4.78 is 10.6. The molecule has 2 aromatic rings. The zero-order chi connectivity index (χ0) is 14.4. The van der Waals surface area contributed by atoms with Crippen molar-refractivity contribution < 1.29 is 14.3 Å². The SMILES string of the molecule is COc1ccccc1OCC(=O)Nc1cccc(N)c1. The Bertz CT molecular complexity index is 599. The van der Waals surface area contributed by atoms with Gasteiger partial charge in [0, 0.05) is 11.4 Å². The molecule has 0 saturated carbocycles. The molecule has 0 aliphatic carbocycles. The van der Waals surface area contributed by atoms with E-state index < -0.39 is 0 Å². The Morgan fingerprint density at radius 1 is 1.15 bits per heavy atom. The van der Waals surface area contributed by atoms with Crippen LogP contribution in [0.1, 0.15) is 0 Å². The maximum Gasteiger partial charge on any atom is 0.262 e. The number of methoxy groups -OCH3 is 1. The van der Waals surface area contributed by atoms with E-state index in [-0.39, 0.29) is 12.5 Å². The third-order valence-corrected chi connectivity index (χ3v) is 2.60. The summed E-state index contributed by atoms with van der Waals surface area (Å²) in [6.45, 7) is -0.102. The van der Waals surface area contributed by atoms with E-state index in [0.29, 0.717) is 22.9 Å². The first kappa shape index (κ1) is 13.7. The molecule has 0 unspecified atom stereocenters. The van der Waals surface area contributed by atoms with Gasteiger partial charge in [-0.15, -0.1) is 0 Å². The molecule has 5 nitrogen and oxygen atoms in total.